The summed E-state index contributed by atoms with van der Waals surface area (Å²) in [7, 11) is 2.10. The molecule has 1 aromatic carbocycles. The molecule has 1 saturated heterocycles. The van der Waals surface area contributed by atoms with E-state index in [0.717, 1.165) is 36.4 Å². The first kappa shape index (κ1) is 12.7. The van der Waals surface area contributed by atoms with Gasteiger partial charge in [0.1, 0.15) is 0 Å². The normalized spacial score (nSPS) is 21.4. The zero-order chi connectivity index (χ0) is 12.3. The molecule has 17 heavy (non-hydrogen) atoms. The van der Waals surface area contributed by atoms with Gasteiger partial charge in [-0.2, -0.15) is 0 Å². The zero-order valence-electron chi connectivity index (χ0n) is 10.5. The number of thioether (sulfide) groups is 1. The molecule has 1 heterocycles. The van der Waals surface area contributed by atoms with Crippen LogP contribution in [0.2, 0.25) is 0 Å². The number of carbonyl (C=O) groups excluding carboxylic acids is 1. The monoisotopic (exact) mass is 249 g/mol. The summed E-state index contributed by atoms with van der Waals surface area (Å²) in [6, 6.07) is 7.95. The van der Waals surface area contributed by atoms with E-state index in [1.165, 1.54) is 0 Å². The van der Waals surface area contributed by atoms with Gasteiger partial charge >= 0.3 is 0 Å². The van der Waals surface area contributed by atoms with E-state index < -0.39 is 0 Å². The van der Waals surface area contributed by atoms with Gasteiger partial charge < -0.3 is 4.90 Å². The van der Waals surface area contributed by atoms with E-state index in [9.17, 15) is 4.79 Å². The Labute approximate surface area is 107 Å². The van der Waals surface area contributed by atoms with Crippen molar-refractivity contribution in [1.29, 1.82) is 0 Å². The highest BCUT2D eigenvalue weighted by molar-refractivity contribution is 7.98. The van der Waals surface area contributed by atoms with Crippen molar-refractivity contribution in [2.75, 3.05) is 26.4 Å². The summed E-state index contributed by atoms with van der Waals surface area (Å²) < 4.78 is 0. The number of nitrogens with zero attached hydrogens (tertiary/aromatic N) is 1. The number of rotatable bonds is 3. The molecule has 1 aliphatic heterocycles. The molecule has 0 aliphatic carbocycles. The lowest BCUT2D eigenvalue weighted by Crippen LogP contribution is -2.36. The van der Waals surface area contributed by atoms with Crippen molar-refractivity contribution in [1.82, 2.24) is 4.90 Å². The van der Waals surface area contributed by atoms with Crippen molar-refractivity contribution in [3.8, 4) is 0 Å². The first-order chi connectivity index (χ1) is 8.22. The molecule has 0 spiro atoms. The Hall–Kier alpha value is -0.800. The quantitative estimate of drug-likeness (QED) is 0.607. The van der Waals surface area contributed by atoms with E-state index in [0.29, 0.717) is 5.78 Å². The van der Waals surface area contributed by atoms with Gasteiger partial charge in [0, 0.05) is 22.9 Å². The smallest absolute Gasteiger partial charge is 0.168 e. The molecule has 0 bridgehead atoms. The van der Waals surface area contributed by atoms with E-state index in [4.69, 9.17) is 0 Å². The molecule has 1 atom stereocenters. The molecule has 0 amide bonds. The average molecular weight is 249 g/mol. The Kier molecular flexibility index (Phi) is 4.24. The van der Waals surface area contributed by atoms with Crippen LogP contribution in [-0.4, -0.2) is 37.1 Å². The first-order valence-electron chi connectivity index (χ1n) is 6.08. The summed E-state index contributed by atoms with van der Waals surface area (Å²) in [5, 5.41) is 0. The van der Waals surface area contributed by atoms with Gasteiger partial charge in [-0.25, -0.2) is 0 Å². The summed E-state index contributed by atoms with van der Waals surface area (Å²) in [6.45, 7) is 2.02. The highest BCUT2D eigenvalue weighted by Crippen LogP contribution is 2.26. The van der Waals surface area contributed by atoms with E-state index in [1.54, 1.807) is 11.8 Å². The molecule has 0 aromatic heterocycles. The SMILES string of the molecule is CSc1ccccc1C(=O)[C@@H]1CCCN(C)C1. The fourth-order valence-corrected chi connectivity index (χ4v) is 3.05. The predicted octanol–water partition coefficient (Wildman–Crippen LogP) is 2.93. The number of hydrogen-bond acceptors (Lipinski definition) is 3. The molecule has 0 saturated carbocycles. The number of hydrogen-bond donors (Lipinski definition) is 0. The van der Waals surface area contributed by atoms with Crippen LogP contribution < -0.4 is 0 Å². The third kappa shape index (κ3) is 2.90. The predicted molar refractivity (Wildman–Crippen MR) is 72.8 cm³/mol. The van der Waals surface area contributed by atoms with Crippen LogP contribution in [0, 0.1) is 5.92 Å². The molecule has 1 aromatic rings. The van der Waals surface area contributed by atoms with Crippen molar-refractivity contribution in [3.05, 3.63) is 29.8 Å². The van der Waals surface area contributed by atoms with Crippen molar-refractivity contribution >= 4 is 17.5 Å². The topological polar surface area (TPSA) is 20.3 Å². The van der Waals surface area contributed by atoms with Crippen LogP contribution >= 0.6 is 11.8 Å². The number of likely N-dealkylation sites (tertiary alicyclic amines) is 1. The number of piperidine rings is 1. The molecule has 1 fully saturated rings. The van der Waals surface area contributed by atoms with E-state index in [-0.39, 0.29) is 5.92 Å². The molecule has 0 radical (unpaired) electrons. The summed E-state index contributed by atoms with van der Waals surface area (Å²) in [5.41, 5.74) is 0.903. The van der Waals surface area contributed by atoms with Crippen molar-refractivity contribution in [2.24, 2.45) is 5.92 Å². The van der Waals surface area contributed by atoms with E-state index in [1.807, 2.05) is 30.5 Å². The van der Waals surface area contributed by atoms with Gasteiger partial charge in [0.15, 0.2) is 5.78 Å². The van der Waals surface area contributed by atoms with Crippen LogP contribution in [0.3, 0.4) is 0 Å². The van der Waals surface area contributed by atoms with Crippen LogP contribution in [0.25, 0.3) is 0 Å². The van der Waals surface area contributed by atoms with E-state index in [2.05, 4.69) is 11.9 Å². The third-order valence-corrected chi connectivity index (χ3v) is 4.16. The fourth-order valence-electron chi connectivity index (χ4n) is 2.45. The Morgan fingerprint density at radius 1 is 1.41 bits per heavy atom. The molecule has 2 rings (SSSR count). The van der Waals surface area contributed by atoms with Gasteiger partial charge in [-0.05, 0) is 38.8 Å². The first-order valence-corrected chi connectivity index (χ1v) is 7.30. The summed E-state index contributed by atoms with van der Waals surface area (Å²) in [4.78, 5) is 15.8. The van der Waals surface area contributed by atoms with Crippen LogP contribution in [0.1, 0.15) is 23.2 Å². The fraction of sp³-hybridized carbons (Fsp3) is 0.500. The van der Waals surface area contributed by atoms with Crippen LogP contribution in [0.5, 0.6) is 0 Å². The molecule has 92 valence electrons. The lowest BCUT2D eigenvalue weighted by Gasteiger charge is -2.29. The molecular weight excluding hydrogens is 230 g/mol. The Morgan fingerprint density at radius 3 is 2.88 bits per heavy atom. The maximum Gasteiger partial charge on any atom is 0.168 e. The average Bonchev–Trinajstić information content (AvgIpc) is 2.38. The summed E-state index contributed by atoms with van der Waals surface area (Å²) in [6.07, 6.45) is 4.19. The standard InChI is InChI=1S/C14H19NOS/c1-15-9-5-6-11(10-15)14(16)12-7-3-4-8-13(12)17-2/h3-4,7-8,11H,5-6,9-10H2,1-2H3/t11-/m1/s1. The molecular formula is C14H19NOS. The zero-order valence-corrected chi connectivity index (χ0v) is 11.3. The number of benzene rings is 1. The Bertz CT molecular complexity index is 405. The van der Waals surface area contributed by atoms with Gasteiger partial charge in [0.25, 0.3) is 0 Å². The van der Waals surface area contributed by atoms with Gasteiger partial charge in [-0.3, -0.25) is 4.79 Å². The highest BCUT2D eigenvalue weighted by Gasteiger charge is 2.25. The van der Waals surface area contributed by atoms with Gasteiger partial charge in [-0.15, -0.1) is 11.8 Å². The van der Waals surface area contributed by atoms with Crippen molar-refractivity contribution < 1.29 is 4.79 Å². The minimum absolute atomic E-state index is 0.182. The Balaban J connectivity index is 2.18. The second-order valence-electron chi connectivity index (χ2n) is 4.67. The largest absolute Gasteiger partial charge is 0.306 e. The molecule has 0 N–H and O–H groups in total. The second-order valence-corrected chi connectivity index (χ2v) is 5.51. The summed E-state index contributed by atoms with van der Waals surface area (Å²) >= 11 is 1.65. The number of ketones is 1. The Morgan fingerprint density at radius 2 is 2.18 bits per heavy atom. The van der Waals surface area contributed by atoms with Crippen LogP contribution in [-0.2, 0) is 0 Å². The molecule has 2 nitrogen and oxygen atoms in total. The lowest BCUT2D eigenvalue weighted by atomic mass is 9.90. The van der Waals surface area contributed by atoms with Crippen LogP contribution in [0.4, 0.5) is 0 Å². The number of carbonyl (C=O) groups is 1. The maximum absolute atomic E-state index is 12.5. The van der Waals surface area contributed by atoms with Gasteiger partial charge in [0.2, 0.25) is 0 Å². The molecule has 0 unspecified atom stereocenters. The summed E-state index contributed by atoms with van der Waals surface area (Å²) in [5.74, 6) is 0.503. The highest BCUT2D eigenvalue weighted by atomic mass is 32.2. The minimum Gasteiger partial charge on any atom is -0.306 e. The van der Waals surface area contributed by atoms with E-state index >= 15 is 0 Å². The second kappa shape index (κ2) is 5.69. The maximum atomic E-state index is 12.5. The van der Waals surface area contributed by atoms with Gasteiger partial charge in [-0.1, -0.05) is 18.2 Å². The number of Topliss-reactive ketones (excluding diaryl/α,β-unsaturated/α-hetero) is 1. The minimum atomic E-state index is 0.182. The van der Waals surface area contributed by atoms with Gasteiger partial charge in [0.05, 0.1) is 0 Å². The van der Waals surface area contributed by atoms with Crippen LogP contribution in [0.15, 0.2) is 29.2 Å². The molecule has 3 heteroatoms. The van der Waals surface area contributed by atoms with Crippen molar-refractivity contribution in [2.45, 2.75) is 17.7 Å². The third-order valence-electron chi connectivity index (χ3n) is 3.37. The molecule has 1 aliphatic rings. The lowest BCUT2D eigenvalue weighted by molar-refractivity contribution is 0.0840. The van der Waals surface area contributed by atoms with Crippen molar-refractivity contribution in [3.63, 3.8) is 0 Å².